The molecule has 1 aliphatic rings. The van der Waals surface area contributed by atoms with E-state index in [1.165, 1.54) is 17.5 Å². The van der Waals surface area contributed by atoms with Crippen molar-refractivity contribution in [3.8, 4) is 11.5 Å². The standard InChI is InChI=1S/C19H22ClN3O2.HI/c1-25-18-9-7-13(10-16(18)20)23-19(21)22-11-15-14-5-3-2-4-12(14)6-8-17(15)24;/h6-10,24H,2-5,11H2,1H3,(H3,21,22,23);1H. The van der Waals surface area contributed by atoms with E-state index in [4.69, 9.17) is 22.1 Å². The molecule has 0 amide bonds. The van der Waals surface area contributed by atoms with Crippen LogP contribution in [0, 0.1) is 0 Å². The molecule has 0 aromatic heterocycles. The van der Waals surface area contributed by atoms with Crippen molar-refractivity contribution >= 4 is 47.2 Å². The second-order valence-corrected chi connectivity index (χ2v) is 6.49. The molecule has 0 unspecified atom stereocenters. The first kappa shape index (κ1) is 20.6. The lowest BCUT2D eigenvalue weighted by atomic mass is 9.88. The predicted molar refractivity (Wildman–Crippen MR) is 117 cm³/mol. The zero-order valence-electron chi connectivity index (χ0n) is 14.6. The Hall–Kier alpha value is -1.67. The highest BCUT2D eigenvalue weighted by Gasteiger charge is 2.16. The van der Waals surface area contributed by atoms with Crippen molar-refractivity contribution in [3.63, 3.8) is 0 Å². The Bertz CT molecular complexity index is 812. The van der Waals surface area contributed by atoms with Crippen LogP contribution in [0.3, 0.4) is 0 Å². The monoisotopic (exact) mass is 487 g/mol. The van der Waals surface area contributed by atoms with Gasteiger partial charge in [0, 0.05) is 11.3 Å². The summed E-state index contributed by atoms with van der Waals surface area (Å²) >= 11 is 6.11. The summed E-state index contributed by atoms with van der Waals surface area (Å²) in [5, 5.41) is 13.7. The summed E-state index contributed by atoms with van der Waals surface area (Å²) in [6.45, 7) is 0.345. The van der Waals surface area contributed by atoms with Gasteiger partial charge in [0.05, 0.1) is 18.7 Å². The van der Waals surface area contributed by atoms with Crippen molar-refractivity contribution in [1.29, 1.82) is 0 Å². The van der Waals surface area contributed by atoms with Crippen LogP contribution in [0.2, 0.25) is 5.02 Å². The number of rotatable bonds is 4. The summed E-state index contributed by atoms with van der Waals surface area (Å²) in [7, 11) is 1.57. The summed E-state index contributed by atoms with van der Waals surface area (Å²) in [4.78, 5) is 4.38. The number of halogens is 2. The lowest BCUT2D eigenvalue weighted by molar-refractivity contribution is 0.415. The van der Waals surface area contributed by atoms with Gasteiger partial charge < -0.3 is 20.9 Å². The van der Waals surface area contributed by atoms with E-state index in [1.54, 1.807) is 25.3 Å². The molecule has 2 aromatic rings. The zero-order chi connectivity index (χ0) is 17.8. The van der Waals surface area contributed by atoms with Crippen molar-refractivity contribution < 1.29 is 9.84 Å². The zero-order valence-corrected chi connectivity index (χ0v) is 17.7. The minimum absolute atomic E-state index is 0. The van der Waals surface area contributed by atoms with E-state index in [-0.39, 0.29) is 35.7 Å². The van der Waals surface area contributed by atoms with Crippen molar-refractivity contribution in [2.75, 3.05) is 12.4 Å². The van der Waals surface area contributed by atoms with E-state index in [9.17, 15) is 5.11 Å². The highest BCUT2D eigenvalue weighted by Crippen LogP contribution is 2.31. The molecule has 4 N–H and O–H groups in total. The number of hydrogen-bond donors (Lipinski definition) is 3. The maximum atomic E-state index is 10.2. The van der Waals surface area contributed by atoms with Crippen molar-refractivity contribution in [2.45, 2.75) is 32.2 Å². The van der Waals surface area contributed by atoms with Crippen LogP contribution in [0.1, 0.15) is 29.5 Å². The lowest BCUT2D eigenvalue weighted by Gasteiger charge is -2.19. The molecule has 0 fully saturated rings. The Morgan fingerprint density at radius 1 is 1.27 bits per heavy atom. The van der Waals surface area contributed by atoms with Crippen molar-refractivity contribution in [3.05, 3.63) is 52.0 Å². The fourth-order valence-electron chi connectivity index (χ4n) is 3.16. The van der Waals surface area contributed by atoms with Gasteiger partial charge >= 0.3 is 0 Å². The number of nitrogens with two attached hydrogens (primary N) is 1. The van der Waals surface area contributed by atoms with E-state index < -0.39 is 0 Å². The summed E-state index contributed by atoms with van der Waals surface area (Å²) in [5.41, 5.74) is 10.1. The summed E-state index contributed by atoms with van der Waals surface area (Å²) in [6.07, 6.45) is 4.38. The highest BCUT2D eigenvalue weighted by atomic mass is 127. The third-order valence-electron chi connectivity index (χ3n) is 4.46. The molecule has 1 aliphatic carbocycles. The molecule has 0 heterocycles. The molecule has 7 heteroatoms. The smallest absolute Gasteiger partial charge is 0.193 e. The summed E-state index contributed by atoms with van der Waals surface area (Å²) < 4.78 is 5.13. The van der Waals surface area contributed by atoms with Crippen LogP contribution < -0.4 is 15.8 Å². The Kier molecular flexibility index (Phi) is 7.40. The van der Waals surface area contributed by atoms with Gasteiger partial charge in [0.1, 0.15) is 11.5 Å². The lowest BCUT2D eigenvalue weighted by Crippen LogP contribution is -2.22. The van der Waals surface area contributed by atoms with Gasteiger partial charge in [0.15, 0.2) is 5.96 Å². The number of anilines is 1. The van der Waals surface area contributed by atoms with Crippen LogP contribution >= 0.6 is 35.6 Å². The minimum Gasteiger partial charge on any atom is -0.508 e. The molecule has 0 aliphatic heterocycles. The maximum Gasteiger partial charge on any atom is 0.193 e. The molecular weight excluding hydrogens is 465 g/mol. The Morgan fingerprint density at radius 2 is 2.04 bits per heavy atom. The second kappa shape index (κ2) is 9.32. The third-order valence-corrected chi connectivity index (χ3v) is 4.75. The summed E-state index contributed by atoms with van der Waals surface area (Å²) in [6, 6.07) is 9.07. The van der Waals surface area contributed by atoms with Gasteiger partial charge in [-0.3, -0.25) is 0 Å². The number of aryl methyl sites for hydroxylation is 1. The SMILES string of the molecule is COc1ccc(NC(N)=NCc2c(O)ccc3c2CCCC3)cc1Cl.I. The van der Waals surface area contributed by atoms with E-state index in [1.807, 2.05) is 12.1 Å². The number of aromatic hydroxyl groups is 1. The normalized spacial score (nSPS) is 13.5. The van der Waals surface area contributed by atoms with Gasteiger partial charge in [0.2, 0.25) is 0 Å². The maximum absolute atomic E-state index is 10.2. The van der Waals surface area contributed by atoms with Gasteiger partial charge in [-0.1, -0.05) is 17.7 Å². The quantitative estimate of drug-likeness (QED) is 0.338. The topological polar surface area (TPSA) is 79.9 Å². The molecule has 0 bridgehead atoms. The number of hydrogen-bond acceptors (Lipinski definition) is 3. The average Bonchev–Trinajstić information content (AvgIpc) is 2.61. The number of nitrogens with zero attached hydrogens (tertiary/aromatic N) is 1. The van der Waals surface area contributed by atoms with Gasteiger partial charge in [-0.15, -0.1) is 24.0 Å². The van der Waals surface area contributed by atoms with Gasteiger partial charge in [-0.05, 0) is 61.1 Å². The fourth-order valence-corrected chi connectivity index (χ4v) is 3.42. The number of phenolic OH excluding ortho intramolecular Hbond substituents is 1. The summed E-state index contributed by atoms with van der Waals surface area (Å²) in [5.74, 6) is 1.15. The fraction of sp³-hybridized carbons (Fsp3) is 0.316. The number of benzene rings is 2. The van der Waals surface area contributed by atoms with Crippen LogP contribution in [0.4, 0.5) is 5.69 Å². The van der Waals surface area contributed by atoms with Crippen LogP contribution in [-0.4, -0.2) is 18.2 Å². The van der Waals surface area contributed by atoms with Crippen molar-refractivity contribution in [2.24, 2.45) is 10.7 Å². The number of methoxy groups -OCH3 is 1. The molecular formula is C19H23ClIN3O2. The van der Waals surface area contributed by atoms with Gasteiger partial charge in [0.25, 0.3) is 0 Å². The average molecular weight is 488 g/mol. The molecule has 3 rings (SSSR count). The minimum atomic E-state index is 0. The molecule has 26 heavy (non-hydrogen) atoms. The first-order valence-electron chi connectivity index (χ1n) is 8.31. The van der Waals surface area contributed by atoms with Crippen molar-refractivity contribution in [1.82, 2.24) is 0 Å². The molecule has 0 atom stereocenters. The van der Waals surface area contributed by atoms with E-state index in [2.05, 4.69) is 10.3 Å². The van der Waals surface area contributed by atoms with Crippen LogP contribution in [0.25, 0.3) is 0 Å². The Balaban J connectivity index is 0.00000243. The third kappa shape index (κ3) is 4.73. The first-order chi connectivity index (χ1) is 12.1. The molecule has 0 saturated carbocycles. The van der Waals surface area contributed by atoms with Gasteiger partial charge in [-0.2, -0.15) is 0 Å². The second-order valence-electron chi connectivity index (χ2n) is 6.08. The number of fused-ring (bicyclic) bond motifs is 1. The molecule has 0 spiro atoms. The largest absolute Gasteiger partial charge is 0.508 e. The van der Waals surface area contributed by atoms with Crippen LogP contribution in [-0.2, 0) is 19.4 Å². The first-order valence-corrected chi connectivity index (χ1v) is 8.69. The number of nitrogens with one attached hydrogen (secondary N) is 1. The van der Waals surface area contributed by atoms with Crippen LogP contribution in [0.5, 0.6) is 11.5 Å². The molecule has 0 saturated heterocycles. The highest BCUT2D eigenvalue weighted by molar-refractivity contribution is 14.0. The van der Waals surface area contributed by atoms with E-state index >= 15 is 0 Å². The Labute approximate surface area is 175 Å². The number of aliphatic imine (C=N–C) groups is 1. The number of ether oxygens (including phenoxy) is 1. The number of phenols is 1. The molecule has 2 aromatic carbocycles. The van der Waals surface area contributed by atoms with E-state index in [0.29, 0.717) is 17.3 Å². The van der Waals surface area contributed by atoms with E-state index in [0.717, 1.165) is 30.5 Å². The Morgan fingerprint density at radius 3 is 2.77 bits per heavy atom. The van der Waals surface area contributed by atoms with Crippen LogP contribution in [0.15, 0.2) is 35.3 Å². The van der Waals surface area contributed by atoms with Gasteiger partial charge in [-0.25, -0.2) is 4.99 Å². The molecule has 5 nitrogen and oxygen atoms in total. The number of guanidine groups is 1. The predicted octanol–water partition coefficient (Wildman–Crippen LogP) is 4.48. The molecule has 140 valence electrons. The molecule has 0 radical (unpaired) electrons.